The van der Waals surface area contributed by atoms with Gasteiger partial charge in [0, 0.05) is 12.8 Å². The minimum atomic E-state index is -0.290. The highest BCUT2D eigenvalue weighted by atomic mass is 16.1. The van der Waals surface area contributed by atoms with Gasteiger partial charge < -0.3 is 10.6 Å². The Hall–Kier alpha value is -1.85. The summed E-state index contributed by atoms with van der Waals surface area (Å²) in [7, 11) is 0. The lowest BCUT2D eigenvalue weighted by Gasteiger charge is -2.23. The van der Waals surface area contributed by atoms with Crippen molar-refractivity contribution in [1.82, 2.24) is 9.97 Å². The van der Waals surface area contributed by atoms with E-state index >= 15 is 0 Å². The minimum absolute atomic E-state index is 0.129. The van der Waals surface area contributed by atoms with E-state index in [-0.39, 0.29) is 11.5 Å². The molecule has 6 nitrogen and oxygen atoms in total. The van der Waals surface area contributed by atoms with E-state index in [9.17, 15) is 4.79 Å². The molecule has 0 aromatic carbocycles. The maximum Gasteiger partial charge on any atom is 0.280 e. The van der Waals surface area contributed by atoms with Gasteiger partial charge in [0.15, 0.2) is 11.5 Å². The molecule has 0 amide bonds. The number of nitrogens with one attached hydrogen (secondary N) is 1. The second kappa shape index (κ2) is 3.13. The summed E-state index contributed by atoms with van der Waals surface area (Å²) in [6.07, 6.45) is 1.69. The van der Waals surface area contributed by atoms with Gasteiger partial charge in [-0.3, -0.25) is 9.78 Å². The molecule has 1 aliphatic rings. The molecule has 1 aromatic heterocycles. The Labute approximate surface area is 80.5 Å². The molecular formula is C8H11N5O. The van der Waals surface area contributed by atoms with Crippen LogP contribution in [0.15, 0.2) is 9.79 Å². The summed E-state index contributed by atoms with van der Waals surface area (Å²) in [5.74, 6) is 0.695. The van der Waals surface area contributed by atoms with Crippen molar-refractivity contribution in [2.75, 3.05) is 23.7 Å². The van der Waals surface area contributed by atoms with Gasteiger partial charge in [-0.2, -0.15) is 4.98 Å². The first-order valence-electron chi connectivity index (χ1n) is 4.39. The van der Waals surface area contributed by atoms with Gasteiger partial charge in [-0.1, -0.05) is 0 Å². The van der Waals surface area contributed by atoms with Gasteiger partial charge in [0.1, 0.15) is 0 Å². The molecule has 14 heavy (non-hydrogen) atoms. The highest BCUT2D eigenvalue weighted by Gasteiger charge is 2.17. The zero-order valence-electron chi connectivity index (χ0n) is 7.82. The number of aromatic amines is 1. The van der Waals surface area contributed by atoms with Gasteiger partial charge >= 0.3 is 0 Å². The van der Waals surface area contributed by atoms with Crippen molar-refractivity contribution in [1.29, 1.82) is 0 Å². The van der Waals surface area contributed by atoms with Crippen LogP contribution < -0.4 is 16.2 Å². The highest BCUT2D eigenvalue weighted by Crippen LogP contribution is 2.24. The summed E-state index contributed by atoms with van der Waals surface area (Å²) in [5, 5.41) is 0. The van der Waals surface area contributed by atoms with E-state index < -0.39 is 0 Å². The van der Waals surface area contributed by atoms with Gasteiger partial charge in [0.2, 0.25) is 5.95 Å². The summed E-state index contributed by atoms with van der Waals surface area (Å²) in [4.78, 5) is 23.8. The van der Waals surface area contributed by atoms with Crippen molar-refractivity contribution in [2.24, 2.45) is 4.99 Å². The van der Waals surface area contributed by atoms with Crippen LogP contribution in [0.1, 0.15) is 6.92 Å². The summed E-state index contributed by atoms with van der Waals surface area (Å²) in [6.45, 7) is 3.43. The number of rotatable bonds is 1. The van der Waals surface area contributed by atoms with E-state index in [1.807, 2.05) is 11.8 Å². The molecule has 0 atom stereocenters. The van der Waals surface area contributed by atoms with Crippen LogP contribution in [0, 0.1) is 0 Å². The maximum atomic E-state index is 11.4. The Morgan fingerprint density at radius 3 is 3.21 bits per heavy atom. The van der Waals surface area contributed by atoms with E-state index in [0.29, 0.717) is 18.1 Å². The smallest absolute Gasteiger partial charge is 0.280 e. The number of H-pyrrole nitrogens is 1. The van der Waals surface area contributed by atoms with E-state index in [4.69, 9.17) is 5.73 Å². The number of fused-ring (bicyclic) bond motifs is 1. The van der Waals surface area contributed by atoms with Gasteiger partial charge in [0.25, 0.3) is 5.56 Å². The van der Waals surface area contributed by atoms with Crippen LogP contribution >= 0.6 is 0 Å². The molecule has 0 bridgehead atoms. The molecule has 2 rings (SSSR count). The molecule has 0 saturated heterocycles. The summed E-state index contributed by atoms with van der Waals surface area (Å²) < 4.78 is 0. The highest BCUT2D eigenvalue weighted by molar-refractivity contribution is 5.79. The maximum absolute atomic E-state index is 11.4. The molecule has 1 aromatic rings. The van der Waals surface area contributed by atoms with Gasteiger partial charge in [0.05, 0.1) is 6.54 Å². The monoisotopic (exact) mass is 193 g/mol. The van der Waals surface area contributed by atoms with Crippen LogP contribution in [-0.2, 0) is 0 Å². The lowest BCUT2D eigenvalue weighted by atomic mass is 10.3. The summed E-state index contributed by atoms with van der Waals surface area (Å²) >= 11 is 0. The molecule has 0 saturated carbocycles. The number of aliphatic imine (C=N–C) groups is 1. The first-order chi connectivity index (χ1) is 6.72. The van der Waals surface area contributed by atoms with E-state index in [1.54, 1.807) is 6.21 Å². The van der Waals surface area contributed by atoms with Gasteiger partial charge in [-0.05, 0) is 6.92 Å². The lowest BCUT2D eigenvalue weighted by Crippen LogP contribution is -2.30. The Morgan fingerprint density at radius 2 is 2.50 bits per heavy atom. The van der Waals surface area contributed by atoms with Crippen molar-refractivity contribution in [2.45, 2.75) is 6.92 Å². The van der Waals surface area contributed by atoms with Crippen molar-refractivity contribution < 1.29 is 0 Å². The molecule has 1 aliphatic heterocycles. The third-order valence-electron chi connectivity index (χ3n) is 2.10. The Kier molecular flexibility index (Phi) is 1.95. The fourth-order valence-electron chi connectivity index (χ4n) is 1.40. The van der Waals surface area contributed by atoms with Crippen molar-refractivity contribution >= 4 is 23.7 Å². The minimum Gasteiger partial charge on any atom is -0.369 e. The zero-order valence-corrected chi connectivity index (χ0v) is 7.82. The number of hydrogen-bond acceptors (Lipinski definition) is 5. The molecule has 0 spiro atoms. The number of hydrogen-bond donors (Lipinski definition) is 2. The molecule has 74 valence electrons. The van der Waals surface area contributed by atoms with Crippen molar-refractivity contribution in [3.63, 3.8) is 0 Å². The standard InChI is InChI=1S/C8H11N5O/c1-2-13-4-3-10-5-6(13)11-8(9)12-7(5)14/h3H,2,4H2,1H3,(H3,9,11,12,14). The number of anilines is 2. The second-order valence-corrected chi connectivity index (χ2v) is 2.97. The number of nitrogens with zero attached hydrogens (tertiary/aromatic N) is 3. The molecule has 0 fully saturated rings. The lowest BCUT2D eigenvalue weighted by molar-refractivity contribution is 0.885. The van der Waals surface area contributed by atoms with Gasteiger partial charge in [-0.15, -0.1) is 0 Å². The third kappa shape index (κ3) is 1.24. The Balaban J connectivity index is 2.64. The topological polar surface area (TPSA) is 87.4 Å². The molecular weight excluding hydrogens is 182 g/mol. The van der Waals surface area contributed by atoms with E-state index in [0.717, 1.165) is 6.54 Å². The zero-order chi connectivity index (χ0) is 10.1. The predicted molar refractivity (Wildman–Crippen MR) is 55.3 cm³/mol. The molecule has 0 unspecified atom stereocenters. The fraction of sp³-hybridized carbons (Fsp3) is 0.375. The van der Waals surface area contributed by atoms with E-state index in [1.165, 1.54) is 0 Å². The van der Waals surface area contributed by atoms with Gasteiger partial charge in [-0.25, -0.2) is 4.99 Å². The number of nitrogen functional groups attached to an aromatic ring is 1. The molecule has 3 N–H and O–H groups in total. The SMILES string of the molecule is CCN1CC=Nc2c1nc(N)[nH]c2=O. The van der Waals surface area contributed by atoms with Crippen LogP contribution in [0.5, 0.6) is 0 Å². The van der Waals surface area contributed by atoms with Crippen LogP contribution in [0.4, 0.5) is 17.5 Å². The summed E-state index contributed by atoms with van der Waals surface area (Å²) in [6, 6.07) is 0. The number of aromatic nitrogens is 2. The fourth-order valence-corrected chi connectivity index (χ4v) is 1.40. The van der Waals surface area contributed by atoms with Crippen LogP contribution in [-0.4, -0.2) is 29.3 Å². The van der Waals surface area contributed by atoms with E-state index in [2.05, 4.69) is 15.0 Å². The largest absolute Gasteiger partial charge is 0.369 e. The molecule has 0 aliphatic carbocycles. The first kappa shape index (κ1) is 8.74. The molecule has 2 heterocycles. The van der Waals surface area contributed by atoms with Crippen LogP contribution in [0.2, 0.25) is 0 Å². The third-order valence-corrected chi connectivity index (χ3v) is 2.10. The Morgan fingerprint density at radius 1 is 1.71 bits per heavy atom. The first-order valence-corrected chi connectivity index (χ1v) is 4.39. The van der Waals surface area contributed by atoms with Crippen LogP contribution in [0.3, 0.4) is 0 Å². The molecule has 6 heteroatoms. The average molecular weight is 193 g/mol. The Bertz CT molecular complexity index is 436. The molecule has 0 radical (unpaired) electrons. The van der Waals surface area contributed by atoms with Crippen molar-refractivity contribution in [3.05, 3.63) is 10.4 Å². The second-order valence-electron chi connectivity index (χ2n) is 2.97. The summed E-state index contributed by atoms with van der Waals surface area (Å²) in [5.41, 5.74) is 5.50. The quantitative estimate of drug-likeness (QED) is 0.651. The van der Waals surface area contributed by atoms with Crippen LogP contribution in [0.25, 0.3) is 0 Å². The normalized spacial score (nSPS) is 14.2. The predicted octanol–water partition coefficient (Wildman–Crippen LogP) is -0.106. The number of nitrogens with two attached hydrogens (primary N) is 1. The average Bonchev–Trinajstić information content (AvgIpc) is 2.17. The van der Waals surface area contributed by atoms with Crippen molar-refractivity contribution in [3.8, 4) is 0 Å².